The topological polar surface area (TPSA) is 363 Å². The molecule has 5 aromatic rings. The van der Waals surface area contributed by atoms with Crippen LogP contribution in [0.15, 0.2) is 109 Å². The van der Waals surface area contributed by atoms with Crippen LogP contribution in [0, 0.1) is 5.92 Å². The predicted molar refractivity (Wildman–Crippen MR) is 346 cm³/mol. The zero-order valence-corrected chi connectivity index (χ0v) is 53.4. The van der Waals surface area contributed by atoms with Gasteiger partial charge in [-0.1, -0.05) is 68.4 Å². The van der Waals surface area contributed by atoms with E-state index in [4.69, 9.17) is 24.9 Å². The quantitative estimate of drug-likeness (QED) is 0.0251. The second-order valence-corrected chi connectivity index (χ2v) is 25.1. The van der Waals surface area contributed by atoms with Crippen molar-refractivity contribution in [2.45, 2.75) is 108 Å². The molecule has 1 unspecified atom stereocenters. The first-order valence-electron chi connectivity index (χ1n) is 32.1. The summed E-state index contributed by atoms with van der Waals surface area (Å²) < 4.78 is 18.4. The van der Waals surface area contributed by atoms with Crippen LogP contribution in [-0.2, 0) is 56.1 Å². The Kier molecular flexibility index (Phi) is 20.5. The highest BCUT2D eigenvalue weighted by Gasteiger charge is 2.51. The lowest BCUT2D eigenvalue weighted by Crippen LogP contribution is -2.57. The molecular formula is C67H77N15O14. The molecule has 504 valence electrons. The summed E-state index contributed by atoms with van der Waals surface area (Å²) in [5.74, 6) is -3.89. The predicted octanol–water partition coefficient (Wildman–Crippen LogP) is 2.92. The highest BCUT2D eigenvalue weighted by molar-refractivity contribution is 6.13. The van der Waals surface area contributed by atoms with Crippen molar-refractivity contribution in [1.29, 1.82) is 0 Å². The third-order valence-corrected chi connectivity index (χ3v) is 17.9. The molecule has 11 rings (SSSR count). The fourth-order valence-electron chi connectivity index (χ4n) is 12.9. The summed E-state index contributed by atoms with van der Waals surface area (Å²) in [5, 5.41) is 33.2. The number of urea groups is 1. The number of aromatic nitrogens is 3. The van der Waals surface area contributed by atoms with Crippen molar-refractivity contribution < 1.29 is 67.3 Å². The number of piperazine rings is 1. The van der Waals surface area contributed by atoms with Gasteiger partial charge in [0.25, 0.3) is 17.7 Å². The first-order chi connectivity index (χ1) is 46.2. The van der Waals surface area contributed by atoms with Crippen molar-refractivity contribution in [3.05, 3.63) is 132 Å². The zero-order valence-electron chi connectivity index (χ0n) is 53.4. The van der Waals surface area contributed by atoms with Crippen molar-refractivity contribution in [1.82, 2.24) is 56.5 Å². The number of fused-ring (bicyclic) bond motifs is 4. The highest BCUT2D eigenvalue weighted by atomic mass is 16.6. The van der Waals surface area contributed by atoms with Gasteiger partial charge in [-0.25, -0.2) is 14.6 Å². The van der Waals surface area contributed by atoms with E-state index in [-0.39, 0.29) is 81.9 Å². The molecule has 0 aliphatic carbocycles. The minimum absolute atomic E-state index is 0.00308. The number of nitrogens with two attached hydrogens (primary N) is 1. The number of piperidine rings is 1. The molecule has 96 heavy (non-hydrogen) atoms. The first kappa shape index (κ1) is 66.9. The van der Waals surface area contributed by atoms with E-state index >= 15 is 4.79 Å². The lowest BCUT2D eigenvalue weighted by atomic mass is 9.94. The molecule has 6 aliphatic rings. The van der Waals surface area contributed by atoms with Gasteiger partial charge in [0.2, 0.25) is 41.6 Å². The Morgan fingerprint density at radius 3 is 2.32 bits per heavy atom. The number of nitrogens with one attached hydrogen (secondary N) is 5. The van der Waals surface area contributed by atoms with Crippen LogP contribution in [0.4, 0.5) is 26.8 Å². The molecule has 29 nitrogen and oxygen atoms in total. The summed E-state index contributed by atoms with van der Waals surface area (Å²) in [5.41, 5.74) is 9.43. The number of phenols is 1. The van der Waals surface area contributed by atoms with E-state index in [1.165, 1.54) is 11.0 Å². The number of ether oxygens (including phenoxy) is 3. The van der Waals surface area contributed by atoms with Crippen LogP contribution < -0.4 is 51.8 Å². The molecule has 3 saturated heterocycles. The number of primary amides is 1. The maximum Gasteiger partial charge on any atom is 0.417 e. The van der Waals surface area contributed by atoms with Gasteiger partial charge in [0, 0.05) is 112 Å². The lowest BCUT2D eigenvalue weighted by molar-refractivity contribution is -0.139. The van der Waals surface area contributed by atoms with E-state index in [0.717, 1.165) is 60.0 Å². The summed E-state index contributed by atoms with van der Waals surface area (Å²) in [6, 6.07) is 22.6. The summed E-state index contributed by atoms with van der Waals surface area (Å²) in [7, 11) is 0. The number of anilines is 3. The smallest absolute Gasteiger partial charge is 0.417 e. The number of amides is 11. The Morgan fingerprint density at radius 1 is 0.844 bits per heavy atom. The van der Waals surface area contributed by atoms with Crippen molar-refractivity contribution in [2.75, 3.05) is 80.3 Å². The van der Waals surface area contributed by atoms with Gasteiger partial charge in [-0.3, -0.25) is 58.4 Å². The van der Waals surface area contributed by atoms with Crippen molar-refractivity contribution >= 4 is 76.6 Å². The van der Waals surface area contributed by atoms with Gasteiger partial charge in [0.05, 0.1) is 49.8 Å². The fraction of sp³-hybridized carbons (Fsp3) is 0.418. The summed E-state index contributed by atoms with van der Waals surface area (Å²) in [4.78, 5) is 146. The fourth-order valence-corrected chi connectivity index (χ4v) is 12.9. The normalized spacial score (nSPS) is 20.1. The number of carbonyl (C=O) groups is 10. The number of hydrogen-bond acceptors (Lipinski definition) is 20. The van der Waals surface area contributed by atoms with Gasteiger partial charge >= 0.3 is 12.1 Å². The molecule has 3 fully saturated rings. The standard InChI is InChI=1S/C67H77N15O14/c1-40(2)58(72-54(85)23-30-94-31-29-79-56(86)21-22-57(79)87)62(90)71-48(13-9-24-69-65(68)92)60(88)74-63(42-10-5-4-6-11-42)96-66(93)81-39-67(3)34-45(38-82(67)51-33-49(75-76-59(51)81)46-12-7-8-14-52(46)83)95-55-20-15-41(35-70-55)36-77-25-27-78(28-26-77)44-17-16-43-37-80(64(91)47(43)32-44)50-18-19-53(84)73-61(50)89/h4-8,10-12,14-17,20-22,32-33,35,40,45,48,50,58,63,83H,9,13,18-19,23-31,34,36-39H2,1-3H3,(H,71,90)(H,72,85)(H,74,88)(H3,68,69,92)(H,73,84,89)/t45-,48+,50+,58+,63?,67+/m1/s1. The number of nitrogens with zero attached hydrogens (tertiary/aromatic N) is 9. The first-order valence-corrected chi connectivity index (χ1v) is 32.1. The molecule has 0 spiro atoms. The van der Waals surface area contributed by atoms with E-state index in [1.807, 2.05) is 37.3 Å². The number of carbonyl (C=O) groups excluding carboxylic acids is 10. The maximum atomic E-state index is 15.0. The molecule has 0 saturated carbocycles. The molecule has 6 atom stereocenters. The number of imide groups is 2. The Balaban J connectivity index is 0.742. The molecular weight excluding hydrogens is 1240 g/mol. The molecule has 0 bridgehead atoms. The van der Waals surface area contributed by atoms with Crippen molar-refractivity contribution in [2.24, 2.45) is 11.7 Å². The number of rotatable bonds is 25. The number of benzene rings is 3. The second kappa shape index (κ2) is 29.4. The average Bonchev–Trinajstić information content (AvgIpc) is 1.47. The number of hydrogen-bond donors (Lipinski definition) is 7. The van der Waals surface area contributed by atoms with Crippen LogP contribution >= 0.6 is 0 Å². The summed E-state index contributed by atoms with van der Waals surface area (Å²) in [6.45, 7) is 9.63. The Bertz CT molecular complexity index is 3810. The van der Waals surface area contributed by atoms with E-state index < -0.39 is 89.5 Å². The molecule has 8 heterocycles. The second-order valence-electron chi connectivity index (χ2n) is 25.1. The van der Waals surface area contributed by atoms with Gasteiger partial charge in [-0.15, -0.1) is 10.2 Å². The molecule has 3 aromatic carbocycles. The van der Waals surface area contributed by atoms with E-state index in [0.29, 0.717) is 66.4 Å². The highest BCUT2D eigenvalue weighted by Crippen LogP contribution is 2.46. The lowest BCUT2D eigenvalue weighted by Gasteiger charge is -2.45. The van der Waals surface area contributed by atoms with Crippen LogP contribution in [0.1, 0.15) is 92.6 Å². The van der Waals surface area contributed by atoms with Gasteiger partial charge < -0.3 is 61.0 Å². The largest absolute Gasteiger partial charge is 0.507 e. The molecule has 8 N–H and O–H groups in total. The SMILES string of the molecule is CC(C)[C@H](NC(=O)CCOCCN1C(=O)C=CC1=O)C(=O)N[C@@H](CCCNC(N)=O)C(=O)NC(OC(=O)N1C[C@]2(C)C[C@@H](Oc3ccc(CN4CCN(c5ccc6c(c5)C(=O)N([C@H]5CCC(=O)NC5=O)C6)CC4)cn3)CN2c2cc(-c3ccccc3O)nnc21)c1ccccc1. The minimum Gasteiger partial charge on any atom is -0.507 e. The number of pyridine rings is 1. The third-order valence-electron chi connectivity index (χ3n) is 17.9. The number of aromatic hydroxyl groups is 1. The number of phenolic OH excluding ortho intramolecular Hbond substituents is 1. The monoisotopic (exact) mass is 1320 g/mol. The van der Waals surface area contributed by atoms with Crippen LogP contribution in [0.3, 0.4) is 0 Å². The number of para-hydroxylation sites is 1. The molecule has 29 heteroatoms. The van der Waals surface area contributed by atoms with Crippen LogP contribution in [0.5, 0.6) is 11.6 Å². The van der Waals surface area contributed by atoms with Gasteiger partial charge in [0.1, 0.15) is 30.0 Å². The van der Waals surface area contributed by atoms with Crippen molar-refractivity contribution in [3.8, 4) is 22.9 Å². The van der Waals surface area contributed by atoms with Crippen LogP contribution in [-0.4, -0.2) is 190 Å². The molecule has 0 radical (unpaired) electrons. The van der Waals surface area contributed by atoms with Gasteiger partial charge in [-0.2, -0.15) is 0 Å². The summed E-state index contributed by atoms with van der Waals surface area (Å²) >= 11 is 0. The Labute approximate surface area is 553 Å². The average molecular weight is 1320 g/mol. The molecule has 11 amide bonds. The summed E-state index contributed by atoms with van der Waals surface area (Å²) in [6.07, 6.45) is 2.15. The molecule has 2 aromatic heterocycles. The Morgan fingerprint density at radius 2 is 1.60 bits per heavy atom. The van der Waals surface area contributed by atoms with Gasteiger partial charge in [-0.05, 0) is 73.6 Å². The van der Waals surface area contributed by atoms with E-state index in [9.17, 15) is 48.3 Å². The minimum atomic E-state index is -1.46. The van der Waals surface area contributed by atoms with Crippen LogP contribution in [0.2, 0.25) is 0 Å². The molecule has 6 aliphatic heterocycles. The van der Waals surface area contributed by atoms with Gasteiger partial charge in [0.15, 0.2) is 5.82 Å². The Hall–Kier alpha value is -10.6. The maximum absolute atomic E-state index is 15.0. The zero-order chi connectivity index (χ0) is 67.8. The van der Waals surface area contributed by atoms with Crippen LogP contribution in [0.25, 0.3) is 11.3 Å². The van der Waals surface area contributed by atoms with E-state index in [2.05, 4.69) is 51.5 Å². The van der Waals surface area contributed by atoms with Crippen molar-refractivity contribution in [3.63, 3.8) is 0 Å². The third kappa shape index (κ3) is 15.5. The van der Waals surface area contributed by atoms with E-state index in [1.54, 1.807) is 79.5 Å².